The van der Waals surface area contributed by atoms with E-state index >= 15 is 0 Å². The van der Waals surface area contributed by atoms with Crippen molar-refractivity contribution in [2.75, 3.05) is 38.2 Å². The highest BCUT2D eigenvalue weighted by atomic mass is 35.5. The van der Waals surface area contributed by atoms with Crippen LogP contribution in [0.5, 0.6) is 5.75 Å². The molecule has 1 aliphatic heterocycles. The van der Waals surface area contributed by atoms with Crippen LogP contribution in [0.2, 0.25) is 10.0 Å². The van der Waals surface area contributed by atoms with E-state index in [4.69, 9.17) is 40.2 Å². The van der Waals surface area contributed by atoms with Crippen molar-refractivity contribution >= 4 is 57.8 Å². The Labute approximate surface area is 188 Å². The molecule has 1 heterocycles. The number of nitro benzene ring substituents is 1. The van der Waals surface area contributed by atoms with Gasteiger partial charge in [0.05, 0.1) is 28.7 Å². The number of piperazine rings is 1. The number of benzene rings is 2. The van der Waals surface area contributed by atoms with Crippen LogP contribution in [0, 0.1) is 10.1 Å². The van der Waals surface area contributed by atoms with E-state index in [2.05, 4.69) is 5.32 Å². The Morgan fingerprint density at radius 2 is 1.87 bits per heavy atom. The number of hydrogen-bond acceptors (Lipinski definition) is 6. The molecule has 0 radical (unpaired) electrons. The summed E-state index contributed by atoms with van der Waals surface area (Å²) in [6.07, 6.45) is 0. The molecule has 158 valence electrons. The molecule has 1 amide bonds. The Kier molecular flexibility index (Phi) is 6.96. The van der Waals surface area contributed by atoms with Crippen LogP contribution in [0.1, 0.15) is 10.4 Å². The van der Waals surface area contributed by atoms with Crippen molar-refractivity contribution in [3.63, 3.8) is 0 Å². The Balaban J connectivity index is 1.64. The number of carbonyl (C=O) groups is 1. The van der Waals surface area contributed by atoms with Crippen molar-refractivity contribution in [3.05, 3.63) is 62.1 Å². The van der Waals surface area contributed by atoms with Gasteiger partial charge in [-0.3, -0.25) is 20.2 Å². The van der Waals surface area contributed by atoms with Gasteiger partial charge in [0.15, 0.2) is 5.11 Å². The number of nitrogens with zero attached hydrogens (tertiary/aromatic N) is 3. The third-order valence-electron chi connectivity index (χ3n) is 4.68. The van der Waals surface area contributed by atoms with Gasteiger partial charge in [0.25, 0.3) is 11.6 Å². The monoisotopic (exact) mass is 468 g/mol. The molecule has 2 aromatic rings. The predicted molar refractivity (Wildman–Crippen MR) is 120 cm³/mol. The highest BCUT2D eigenvalue weighted by Crippen LogP contribution is 2.32. The fourth-order valence-electron chi connectivity index (χ4n) is 3.11. The molecule has 0 aliphatic carbocycles. The zero-order valence-corrected chi connectivity index (χ0v) is 18.3. The molecule has 1 aliphatic rings. The standard InChI is InChI=1S/C19H18Cl2N4O4S/c1-29-13-3-5-16(17(11-13)25(27)28)23-6-8-24(9-7-23)19(30)22-18(26)14-10-12(20)2-4-15(14)21/h2-5,10-11H,6-9H2,1H3,(H,22,26,30). The van der Waals surface area contributed by atoms with Gasteiger partial charge >= 0.3 is 0 Å². The average molecular weight is 469 g/mol. The number of thiocarbonyl (C=S) groups is 1. The molecule has 1 N–H and O–H groups in total. The van der Waals surface area contributed by atoms with Gasteiger partial charge in [-0.25, -0.2) is 0 Å². The molecule has 2 aromatic carbocycles. The molecule has 8 nitrogen and oxygen atoms in total. The summed E-state index contributed by atoms with van der Waals surface area (Å²) in [5.41, 5.74) is 0.731. The van der Waals surface area contributed by atoms with E-state index in [1.54, 1.807) is 24.3 Å². The largest absolute Gasteiger partial charge is 0.496 e. The van der Waals surface area contributed by atoms with Gasteiger partial charge in [-0.1, -0.05) is 23.2 Å². The van der Waals surface area contributed by atoms with Crippen LogP contribution in [0.25, 0.3) is 0 Å². The van der Waals surface area contributed by atoms with Crippen molar-refractivity contribution in [1.29, 1.82) is 0 Å². The summed E-state index contributed by atoms with van der Waals surface area (Å²) in [5, 5.41) is 15.0. The molecular formula is C19H18Cl2N4O4S. The lowest BCUT2D eigenvalue weighted by molar-refractivity contribution is -0.384. The van der Waals surface area contributed by atoms with Gasteiger partial charge in [0, 0.05) is 31.2 Å². The number of ether oxygens (including phenoxy) is 1. The number of nitrogens with one attached hydrogen (secondary N) is 1. The number of hydrogen-bond donors (Lipinski definition) is 1. The summed E-state index contributed by atoms with van der Waals surface area (Å²) in [7, 11) is 1.46. The van der Waals surface area contributed by atoms with E-state index in [1.807, 2.05) is 9.80 Å². The van der Waals surface area contributed by atoms with Gasteiger partial charge in [0.2, 0.25) is 0 Å². The molecule has 0 aromatic heterocycles. The van der Waals surface area contributed by atoms with Crippen LogP contribution in [0.15, 0.2) is 36.4 Å². The SMILES string of the molecule is COc1ccc(N2CCN(C(=S)NC(=O)c3cc(Cl)ccc3Cl)CC2)c([N+](=O)[O-])c1. The maximum atomic E-state index is 12.5. The van der Waals surface area contributed by atoms with Crippen molar-refractivity contribution < 1.29 is 14.5 Å². The Bertz CT molecular complexity index is 996. The highest BCUT2D eigenvalue weighted by molar-refractivity contribution is 7.80. The second kappa shape index (κ2) is 9.46. The summed E-state index contributed by atoms with van der Waals surface area (Å²) >= 11 is 17.3. The lowest BCUT2D eigenvalue weighted by Gasteiger charge is -2.37. The number of nitro groups is 1. The number of anilines is 1. The summed E-state index contributed by atoms with van der Waals surface area (Å²) in [6.45, 7) is 1.99. The summed E-state index contributed by atoms with van der Waals surface area (Å²) in [5.74, 6) is -0.0200. The van der Waals surface area contributed by atoms with Crippen LogP contribution in [-0.2, 0) is 0 Å². The second-order valence-electron chi connectivity index (χ2n) is 6.47. The van der Waals surface area contributed by atoms with E-state index in [1.165, 1.54) is 19.2 Å². The van der Waals surface area contributed by atoms with Gasteiger partial charge < -0.3 is 14.5 Å². The molecule has 0 spiro atoms. The summed E-state index contributed by atoms with van der Waals surface area (Å²) in [4.78, 5) is 27.2. The first kappa shape index (κ1) is 22.1. The van der Waals surface area contributed by atoms with E-state index in [-0.39, 0.29) is 21.4 Å². The zero-order chi connectivity index (χ0) is 21.8. The van der Waals surface area contributed by atoms with Crippen molar-refractivity contribution in [3.8, 4) is 5.75 Å². The Hall–Kier alpha value is -2.62. The van der Waals surface area contributed by atoms with Crippen LogP contribution < -0.4 is 15.0 Å². The summed E-state index contributed by atoms with van der Waals surface area (Å²) in [6, 6.07) is 9.38. The Morgan fingerprint density at radius 1 is 1.17 bits per heavy atom. The molecule has 1 fully saturated rings. The fraction of sp³-hybridized carbons (Fsp3) is 0.263. The highest BCUT2D eigenvalue weighted by Gasteiger charge is 2.26. The first-order valence-corrected chi connectivity index (χ1v) is 10.1. The number of methoxy groups -OCH3 is 1. The predicted octanol–water partition coefficient (Wildman–Crippen LogP) is 3.75. The topological polar surface area (TPSA) is 88.0 Å². The molecule has 0 saturated carbocycles. The normalized spacial score (nSPS) is 13.7. The first-order chi connectivity index (χ1) is 14.3. The summed E-state index contributed by atoms with van der Waals surface area (Å²) < 4.78 is 5.08. The third-order valence-corrected chi connectivity index (χ3v) is 5.61. The molecule has 30 heavy (non-hydrogen) atoms. The molecule has 0 bridgehead atoms. The number of halogens is 2. The van der Waals surface area contributed by atoms with Crippen molar-refractivity contribution in [1.82, 2.24) is 10.2 Å². The molecule has 0 atom stereocenters. The van der Waals surface area contributed by atoms with E-state index in [9.17, 15) is 14.9 Å². The lowest BCUT2D eigenvalue weighted by Crippen LogP contribution is -2.52. The van der Waals surface area contributed by atoms with Crippen molar-refractivity contribution in [2.24, 2.45) is 0 Å². The van der Waals surface area contributed by atoms with Gasteiger partial charge in [-0.05, 0) is 42.5 Å². The maximum absolute atomic E-state index is 12.5. The van der Waals surface area contributed by atoms with E-state index in [0.717, 1.165) is 0 Å². The minimum Gasteiger partial charge on any atom is -0.496 e. The van der Waals surface area contributed by atoms with Crippen LogP contribution in [-0.4, -0.2) is 54.1 Å². The molecule has 1 saturated heterocycles. The zero-order valence-electron chi connectivity index (χ0n) is 15.9. The molecule has 11 heteroatoms. The molecular weight excluding hydrogens is 451 g/mol. The minimum absolute atomic E-state index is 0.0192. The van der Waals surface area contributed by atoms with Crippen molar-refractivity contribution in [2.45, 2.75) is 0 Å². The number of amides is 1. The quantitative estimate of drug-likeness (QED) is 0.415. The lowest BCUT2D eigenvalue weighted by atomic mass is 10.2. The Morgan fingerprint density at radius 3 is 2.50 bits per heavy atom. The maximum Gasteiger partial charge on any atom is 0.296 e. The minimum atomic E-state index is -0.444. The fourth-order valence-corrected chi connectivity index (χ4v) is 3.76. The van der Waals surface area contributed by atoms with Crippen LogP contribution in [0.3, 0.4) is 0 Å². The molecule has 0 unspecified atom stereocenters. The van der Waals surface area contributed by atoms with Gasteiger partial charge in [-0.15, -0.1) is 0 Å². The van der Waals surface area contributed by atoms with E-state index in [0.29, 0.717) is 42.6 Å². The average Bonchev–Trinajstić information content (AvgIpc) is 2.74. The second-order valence-corrected chi connectivity index (χ2v) is 7.70. The van der Waals surface area contributed by atoms with Crippen LogP contribution >= 0.6 is 35.4 Å². The third kappa shape index (κ3) is 4.92. The van der Waals surface area contributed by atoms with Gasteiger partial charge in [-0.2, -0.15) is 0 Å². The number of rotatable bonds is 4. The molecule has 3 rings (SSSR count). The van der Waals surface area contributed by atoms with E-state index < -0.39 is 10.8 Å². The first-order valence-electron chi connectivity index (χ1n) is 8.93. The van der Waals surface area contributed by atoms with Gasteiger partial charge in [0.1, 0.15) is 11.4 Å². The number of carbonyl (C=O) groups excluding carboxylic acids is 1. The van der Waals surface area contributed by atoms with Crippen LogP contribution in [0.4, 0.5) is 11.4 Å². The smallest absolute Gasteiger partial charge is 0.296 e.